The predicted octanol–water partition coefficient (Wildman–Crippen LogP) is 4.25. The Morgan fingerprint density at radius 1 is 1.22 bits per heavy atom. The van der Waals surface area contributed by atoms with Gasteiger partial charge < -0.3 is 5.73 Å². The molecule has 1 aliphatic rings. The first kappa shape index (κ1) is 13.7. The molecule has 0 aromatic heterocycles. The lowest BCUT2D eigenvalue weighted by atomic mass is 9.72. The average Bonchev–Trinajstić information content (AvgIpc) is 2.28. The van der Waals surface area contributed by atoms with Crippen molar-refractivity contribution in [3.05, 3.63) is 34.9 Å². The Balaban J connectivity index is 2.22. The fourth-order valence-electron chi connectivity index (χ4n) is 2.63. The summed E-state index contributed by atoms with van der Waals surface area (Å²) in [4.78, 5) is 0. The molecule has 1 nitrogen and oxygen atoms in total. The summed E-state index contributed by atoms with van der Waals surface area (Å²) in [5, 5.41) is 0.561. The Morgan fingerprint density at radius 2 is 1.83 bits per heavy atom. The molecule has 0 bridgehead atoms. The maximum atomic E-state index is 12.8. The van der Waals surface area contributed by atoms with Gasteiger partial charge in [0.2, 0.25) is 0 Å². The normalized spacial score (nSPS) is 29.3. The van der Waals surface area contributed by atoms with Crippen LogP contribution in [0.25, 0.3) is 0 Å². The van der Waals surface area contributed by atoms with Crippen LogP contribution in [0.5, 0.6) is 0 Å². The quantitative estimate of drug-likeness (QED) is 0.816. The highest BCUT2D eigenvalue weighted by molar-refractivity contribution is 6.30. The van der Waals surface area contributed by atoms with Gasteiger partial charge in [0.15, 0.2) is 0 Å². The van der Waals surface area contributed by atoms with Gasteiger partial charge in [0.1, 0.15) is 0 Å². The number of hydrogen-bond donors (Lipinski definition) is 1. The minimum atomic E-state index is -4.16. The number of rotatable bonds is 1. The van der Waals surface area contributed by atoms with Crippen LogP contribution in [-0.2, 0) is 5.54 Å². The maximum absolute atomic E-state index is 12.8. The highest BCUT2D eigenvalue weighted by atomic mass is 35.5. The van der Waals surface area contributed by atoms with Crippen molar-refractivity contribution in [3.63, 3.8) is 0 Å². The Bertz CT molecular complexity index is 415. The molecule has 0 saturated heterocycles. The van der Waals surface area contributed by atoms with Gasteiger partial charge in [-0.1, -0.05) is 30.2 Å². The van der Waals surface area contributed by atoms with Crippen LogP contribution in [0.3, 0.4) is 0 Å². The highest BCUT2D eigenvalue weighted by Gasteiger charge is 2.46. The zero-order valence-electron chi connectivity index (χ0n) is 9.80. The Morgan fingerprint density at radius 3 is 2.39 bits per heavy atom. The molecule has 18 heavy (non-hydrogen) atoms. The van der Waals surface area contributed by atoms with Crippen LogP contribution in [0, 0.1) is 5.92 Å². The summed E-state index contributed by atoms with van der Waals surface area (Å²) in [6.45, 7) is 0. The van der Waals surface area contributed by atoms with Crippen LogP contribution in [0.1, 0.15) is 31.2 Å². The Hall–Kier alpha value is -0.740. The molecular weight excluding hydrogens is 263 g/mol. The van der Waals surface area contributed by atoms with Gasteiger partial charge in [-0.2, -0.15) is 13.2 Å². The lowest BCUT2D eigenvalue weighted by Gasteiger charge is -2.39. The molecule has 1 fully saturated rings. The number of halogens is 4. The maximum Gasteiger partial charge on any atom is 0.391 e. The molecular formula is C13H15ClF3N. The van der Waals surface area contributed by atoms with E-state index in [0.29, 0.717) is 17.9 Å². The molecule has 0 aliphatic heterocycles. The van der Waals surface area contributed by atoms with Gasteiger partial charge in [0.05, 0.1) is 5.92 Å². The van der Waals surface area contributed by atoms with E-state index in [-0.39, 0.29) is 12.8 Å². The van der Waals surface area contributed by atoms with Gasteiger partial charge in [-0.05, 0) is 37.0 Å². The SMILES string of the molecule is NC1(c2ccc(Cl)cc2)CCCC(C(F)(F)F)C1. The first-order valence-electron chi connectivity index (χ1n) is 5.93. The zero-order valence-corrected chi connectivity index (χ0v) is 10.6. The van der Waals surface area contributed by atoms with Crippen molar-refractivity contribution in [1.29, 1.82) is 0 Å². The van der Waals surface area contributed by atoms with Crippen LogP contribution in [0.15, 0.2) is 24.3 Å². The monoisotopic (exact) mass is 277 g/mol. The first-order chi connectivity index (χ1) is 8.31. The minimum absolute atomic E-state index is 0.0435. The van der Waals surface area contributed by atoms with Crippen LogP contribution in [0.4, 0.5) is 13.2 Å². The Labute approximate surface area is 109 Å². The first-order valence-corrected chi connectivity index (χ1v) is 6.31. The second kappa shape index (κ2) is 4.74. The van der Waals surface area contributed by atoms with Gasteiger partial charge >= 0.3 is 6.18 Å². The summed E-state index contributed by atoms with van der Waals surface area (Å²) < 4.78 is 38.4. The summed E-state index contributed by atoms with van der Waals surface area (Å²) in [6, 6.07) is 6.79. The van der Waals surface area contributed by atoms with E-state index in [4.69, 9.17) is 17.3 Å². The van der Waals surface area contributed by atoms with Gasteiger partial charge in [-0.25, -0.2) is 0 Å². The highest BCUT2D eigenvalue weighted by Crippen LogP contribution is 2.44. The fraction of sp³-hybridized carbons (Fsp3) is 0.538. The molecule has 1 aromatic rings. The third kappa shape index (κ3) is 2.81. The molecule has 2 unspecified atom stereocenters. The van der Waals surface area contributed by atoms with Crippen LogP contribution in [0.2, 0.25) is 5.02 Å². The summed E-state index contributed by atoms with van der Waals surface area (Å²) in [6.07, 6.45) is -2.93. The number of benzene rings is 1. The van der Waals surface area contributed by atoms with E-state index in [1.165, 1.54) is 0 Å². The summed E-state index contributed by atoms with van der Waals surface area (Å²) in [5.41, 5.74) is 6.03. The fourth-order valence-corrected chi connectivity index (χ4v) is 2.76. The van der Waals surface area contributed by atoms with Crippen molar-refractivity contribution in [3.8, 4) is 0 Å². The molecule has 100 valence electrons. The number of alkyl halides is 3. The second-order valence-corrected chi connectivity index (χ2v) is 5.43. The van der Waals surface area contributed by atoms with Gasteiger partial charge in [-0.3, -0.25) is 0 Å². The number of hydrogen-bond acceptors (Lipinski definition) is 1. The van der Waals surface area contributed by atoms with E-state index < -0.39 is 17.6 Å². The van der Waals surface area contributed by atoms with Crippen LogP contribution < -0.4 is 5.73 Å². The van der Waals surface area contributed by atoms with Crippen molar-refractivity contribution in [2.45, 2.75) is 37.4 Å². The molecule has 0 amide bonds. The summed E-state index contributed by atoms with van der Waals surface area (Å²) in [5.74, 6) is -1.30. The molecule has 0 heterocycles. The number of nitrogens with two attached hydrogens (primary N) is 1. The van der Waals surface area contributed by atoms with Crippen molar-refractivity contribution < 1.29 is 13.2 Å². The average molecular weight is 278 g/mol. The van der Waals surface area contributed by atoms with Crippen molar-refractivity contribution in [2.75, 3.05) is 0 Å². The molecule has 1 aromatic carbocycles. The predicted molar refractivity (Wildman–Crippen MR) is 65.3 cm³/mol. The van der Waals surface area contributed by atoms with Crippen LogP contribution in [-0.4, -0.2) is 6.18 Å². The van der Waals surface area contributed by atoms with E-state index >= 15 is 0 Å². The molecule has 2 rings (SSSR count). The largest absolute Gasteiger partial charge is 0.391 e. The minimum Gasteiger partial charge on any atom is -0.321 e. The third-order valence-electron chi connectivity index (χ3n) is 3.67. The lowest BCUT2D eigenvalue weighted by molar-refractivity contribution is -0.187. The molecule has 2 N–H and O–H groups in total. The van der Waals surface area contributed by atoms with Gasteiger partial charge in [0.25, 0.3) is 0 Å². The third-order valence-corrected chi connectivity index (χ3v) is 3.92. The van der Waals surface area contributed by atoms with E-state index in [1.807, 2.05) is 0 Å². The molecule has 1 saturated carbocycles. The summed E-state index contributed by atoms with van der Waals surface area (Å²) in [7, 11) is 0. The van der Waals surface area contributed by atoms with Crippen LogP contribution >= 0.6 is 11.6 Å². The van der Waals surface area contributed by atoms with Crippen molar-refractivity contribution >= 4 is 11.6 Å². The van der Waals surface area contributed by atoms with E-state index in [9.17, 15) is 13.2 Å². The molecule has 5 heteroatoms. The van der Waals surface area contributed by atoms with Crippen molar-refractivity contribution in [2.24, 2.45) is 11.7 Å². The van der Waals surface area contributed by atoms with Gasteiger partial charge in [0, 0.05) is 10.6 Å². The summed E-state index contributed by atoms with van der Waals surface area (Å²) >= 11 is 5.78. The molecule has 1 aliphatic carbocycles. The molecule has 2 atom stereocenters. The second-order valence-electron chi connectivity index (χ2n) is 5.00. The standard InChI is InChI=1S/C13H15ClF3N/c14-11-5-3-9(4-6-11)12(18)7-1-2-10(8-12)13(15,16)17/h3-6,10H,1-2,7-8,18H2. The Kier molecular flexibility index (Phi) is 3.60. The lowest BCUT2D eigenvalue weighted by Crippen LogP contribution is -2.44. The van der Waals surface area contributed by atoms with E-state index in [2.05, 4.69) is 0 Å². The van der Waals surface area contributed by atoms with Crippen molar-refractivity contribution in [1.82, 2.24) is 0 Å². The molecule has 0 spiro atoms. The topological polar surface area (TPSA) is 26.0 Å². The van der Waals surface area contributed by atoms with E-state index in [0.717, 1.165) is 5.56 Å². The molecule has 0 radical (unpaired) electrons. The smallest absolute Gasteiger partial charge is 0.321 e. The van der Waals surface area contributed by atoms with Gasteiger partial charge in [-0.15, -0.1) is 0 Å². The van der Waals surface area contributed by atoms with E-state index in [1.54, 1.807) is 24.3 Å². The zero-order chi connectivity index (χ0) is 13.4.